The van der Waals surface area contributed by atoms with Crippen LogP contribution in [0, 0.1) is 5.82 Å². The van der Waals surface area contributed by atoms with Crippen molar-refractivity contribution in [3.8, 4) is 11.5 Å². The van der Waals surface area contributed by atoms with Gasteiger partial charge in [0.05, 0.1) is 12.1 Å². The lowest BCUT2D eigenvalue weighted by Crippen LogP contribution is -2.53. The average molecular weight is 343 g/mol. The number of amides is 2. The lowest BCUT2D eigenvalue weighted by molar-refractivity contribution is -0.138. The number of piperazine rings is 1. The van der Waals surface area contributed by atoms with Crippen LogP contribution in [0.1, 0.15) is 18.5 Å². The first-order valence-electron chi connectivity index (χ1n) is 8.38. The summed E-state index contributed by atoms with van der Waals surface area (Å²) in [6.45, 7) is 1.76. The van der Waals surface area contributed by atoms with E-state index in [1.165, 1.54) is 18.4 Å². The SMILES string of the molecule is O=C(Cc1coc(-c2ccc(F)cc2)n1)N1CCN2C(=O)CCC2C1. The zero-order valence-electron chi connectivity index (χ0n) is 13.7. The van der Waals surface area contributed by atoms with Crippen LogP contribution in [-0.4, -0.2) is 52.3 Å². The van der Waals surface area contributed by atoms with E-state index >= 15 is 0 Å². The molecule has 3 heterocycles. The number of hydrogen-bond acceptors (Lipinski definition) is 4. The van der Waals surface area contributed by atoms with Gasteiger partial charge in [0.15, 0.2) is 0 Å². The molecule has 0 N–H and O–H groups in total. The number of rotatable bonds is 3. The molecule has 1 aromatic carbocycles. The molecule has 2 aliphatic rings. The molecule has 2 amide bonds. The number of benzene rings is 1. The Morgan fingerprint density at radius 1 is 1.28 bits per heavy atom. The van der Waals surface area contributed by atoms with Gasteiger partial charge >= 0.3 is 0 Å². The quantitative estimate of drug-likeness (QED) is 0.853. The number of carbonyl (C=O) groups is 2. The molecule has 1 unspecified atom stereocenters. The molecule has 4 rings (SSSR count). The first-order chi connectivity index (χ1) is 12.1. The number of carbonyl (C=O) groups excluding carboxylic acids is 2. The van der Waals surface area contributed by atoms with Crippen molar-refractivity contribution in [2.24, 2.45) is 0 Å². The molecule has 2 aliphatic heterocycles. The average Bonchev–Trinajstić information content (AvgIpc) is 3.22. The van der Waals surface area contributed by atoms with Gasteiger partial charge < -0.3 is 14.2 Å². The Morgan fingerprint density at radius 3 is 2.88 bits per heavy atom. The standard InChI is InChI=1S/C18H18FN3O3/c19-13-3-1-12(2-4-13)18-20-14(11-25-18)9-17(24)21-7-8-22-15(10-21)5-6-16(22)23/h1-4,11,15H,5-10H2. The van der Waals surface area contributed by atoms with Crippen molar-refractivity contribution >= 4 is 11.8 Å². The third-order valence-corrected chi connectivity index (χ3v) is 4.82. The molecule has 130 valence electrons. The highest BCUT2D eigenvalue weighted by Gasteiger charge is 2.36. The monoisotopic (exact) mass is 343 g/mol. The highest BCUT2D eigenvalue weighted by atomic mass is 19.1. The van der Waals surface area contributed by atoms with E-state index in [0.717, 1.165) is 6.42 Å². The van der Waals surface area contributed by atoms with Gasteiger partial charge in [-0.1, -0.05) is 0 Å². The summed E-state index contributed by atoms with van der Waals surface area (Å²) in [6, 6.07) is 6.00. The summed E-state index contributed by atoms with van der Waals surface area (Å²) in [5.41, 5.74) is 1.22. The fraction of sp³-hybridized carbons (Fsp3) is 0.389. The lowest BCUT2D eigenvalue weighted by Gasteiger charge is -2.37. The van der Waals surface area contributed by atoms with Crippen LogP contribution in [0.5, 0.6) is 0 Å². The van der Waals surface area contributed by atoms with Crippen LogP contribution in [0.25, 0.3) is 11.5 Å². The largest absolute Gasteiger partial charge is 0.444 e. The second kappa shape index (κ2) is 6.31. The predicted octanol–water partition coefficient (Wildman–Crippen LogP) is 1.86. The first-order valence-corrected chi connectivity index (χ1v) is 8.38. The minimum atomic E-state index is -0.324. The maximum Gasteiger partial charge on any atom is 0.228 e. The third kappa shape index (κ3) is 3.14. The van der Waals surface area contributed by atoms with Crippen molar-refractivity contribution in [2.45, 2.75) is 25.3 Å². The van der Waals surface area contributed by atoms with E-state index in [9.17, 15) is 14.0 Å². The zero-order chi connectivity index (χ0) is 17.4. The minimum absolute atomic E-state index is 0.0158. The van der Waals surface area contributed by atoms with Crippen molar-refractivity contribution in [3.63, 3.8) is 0 Å². The second-order valence-corrected chi connectivity index (χ2v) is 6.45. The molecule has 0 radical (unpaired) electrons. The molecule has 0 saturated carbocycles. The molecule has 2 fully saturated rings. The number of hydrogen-bond donors (Lipinski definition) is 0. The molecule has 0 spiro atoms. The smallest absolute Gasteiger partial charge is 0.228 e. The van der Waals surface area contributed by atoms with Crippen LogP contribution in [-0.2, 0) is 16.0 Å². The first kappa shape index (κ1) is 15.8. The summed E-state index contributed by atoms with van der Waals surface area (Å²) >= 11 is 0. The summed E-state index contributed by atoms with van der Waals surface area (Å²) in [6.07, 6.45) is 3.02. The van der Waals surface area contributed by atoms with Crippen LogP contribution in [0.15, 0.2) is 34.9 Å². The van der Waals surface area contributed by atoms with Crippen molar-refractivity contribution < 1.29 is 18.4 Å². The molecular weight excluding hydrogens is 325 g/mol. The molecule has 1 aromatic heterocycles. The van der Waals surface area contributed by atoms with Crippen LogP contribution < -0.4 is 0 Å². The van der Waals surface area contributed by atoms with Gasteiger partial charge in [0.2, 0.25) is 17.7 Å². The topological polar surface area (TPSA) is 66.7 Å². The van der Waals surface area contributed by atoms with E-state index in [1.54, 1.807) is 17.0 Å². The minimum Gasteiger partial charge on any atom is -0.444 e. The van der Waals surface area contributed by atoms with E-state index in [0.29, 0.717) is 43.2 Å². The maximum absolute atomic E-state index is 13.0. The summed E-state index contributed by atoms with van der Waals surface area (Å²) in [5.74, 6) is 0.222. The number of oxazole rings is 1. The molecular formula is C18H18FN3O3. The van der Waals surface area contributed by atoms with Gasteiger partial charge in [-0.05, 0) is 30.7 Å². The van der Waals surface area contributed by atoms with Crippen molar-refractivity contribution in [1.29, 1.82) is 0 Å². The Kier molecular flexibility index (Phi) is 3.99. The Morgan fingerprint density at radius 2 is 2.08 bits per heavy atom. The summed E-state index contributed by atoms with van der Waals surface area (Å²) in [4.78, 5) is 32.2. The summed E-state index contributed by atoms with van der Waals surface area (Å²) in [7, 11) is 0. The normalized spacial score (nSPS) is 20.0. The molecule has 0 aliphatic carbocycles. The van der Waals surface area contributed by atoms with Gasteiger partial charge in [-0.15, -0.1) is 0 Å². The van der Waals surface area contributed by atoms with E-state index in [2.05, 4.69) is 4.98 Å². The van der Waals surface area contributed by atoms with E-state index in [1.807, 2.05) is 4.90 Å². The number of fused-ring (bicyclic) bond motifs is 1. The van der Waals surface area contributed by atoms with Crippen LogP contribution in [0.2, 0.25) is 0 Å². The fourth-order valence-electron chi connectivity index (χ4n) is 3.47. The second-order valence-electron chi connectivity index (χ2n) is 6.45. The van der Waals surface area contributed by atoms with Gasteiger partial charge in [-0.25, -0.2) is 9.37 Å². The molecule has 0 bridgehead atoms. The van der Waals surface area contributed by atoms with Gasteiger partial charge in [-0.2, -0.15) is 0 Å². The van der Waals surface area contributed by atoms with Crippen molar-refractivity contribution in [3.05, 3.63) is 42.0 Å². The van der Waals surface area contributed by atoms with Crippen molar-refractivity contribution in [2.75, 3.05) is 19.6 Å². The van der Waals surface area contributed by atoms with Gasteiger partial charge in [0.1, 0.15) is 12.1 Å². The van der Waals surface area contributed by atoms with Gasteiger partial charge in [-0.3, -0.25) is 9.59 Å². The van der Waals surface area contributed by atoms with Gasteiger partial charge in [0, 0.05) is 37.7 Å². The summed E-state index contributed by atoms with van der Waals surface area (Å²) in [5, 5.41) is 0. The molecule has 7 heteroatoms. The van der Waals surface area contributed by atoms with Crippen molar-refractivity contribution in [1.82, 2.24) is 14.8 Å². The van der Waals surface area contributed by atoms with Crippen LogP contribution in [0.3, 0.4) is 0 Å². The number of aromatic nitrogens is 1. The molecule has 6 nitrogen and oxygen atoms in total. The van der Waals surface area contributed by atoms with Crippen LogP contribution >= 0.6 is 0 Å². The molecule has 1 atom stereocenters. The Balaban J connectivity index is 1.40. The van der Waals surface area contributed by atoms with E-state index in [-0.39, 0.29) is 30.1 Å². The Labute approximate surface area is 144 Å². The highest BCUT2D eigenvalue weighted by molar-refractivity contribution is 5.81. The lowest BCUT2D eigenvalue weighted by atomic mass is 10.1. The molecule has 25 heavy (non-hydrogen) atoms. The fourth-order valence-corrected chi connectivity index (χ4v) is 3.47. The molecule has 2 aromatic rings. The van der Waals surface area contributed by atoms with Crippen LogP contribution in [0.4, 0.5) is 4.39 Å². The van der Waals surface area contributed by atoms with E-state index < -0.39 is 0 Å². The van der Waals surface area contributed by atoms with Gasteiger partial charge in [0.25, 0.3) is 0 Å². The zero-order valence-corrected chi connectivity index (χ0v) is 13.7. The number of nitrogens with zero attached hydrogens (tertiary/aromatic N) is 3. The predicted molar refractivity (Wildman–Crippen MR) is 86.9 cm³/mol. The van der Waals surface area contributed by atoms with E-state index in [4.69, 9.17) is 4.42 Å². The number of halogens is 1. The highest BCUT2D eigenvalue weighted by Crippen LogP contribution is 2.24. The Bertz CT molecular complexity index is 802. The summed E-state index contributed by atoms with van der Waals surface area (Å²) < 4.78 is 18.4. The third-order valence-electron chi connectivity index (χ3n) is 4.82. The maximum atomic E-state index is 13.0. The molecule has 2 saturated heterocycles. The Hall–Kier alpha value is -2.70.